The van der Waals surface area contributed by atoms with Gasteiger partial charge in [0.25, 0.3) is 5.91 Å². The van der Waals surface area contributed by atoms with Crippen LogP contribution in [0.2, 0.25) is 5.02 Å². The Hall–Kier alpha value is -2.15. The summed E-state index contributed by atoms with van der Waals surface area (Å²) in [4.78, 5) is 25.0. The highest BCUT2D eigenvalue weighted by Gasteiger charge is 2.35. The summed E-state index contributed by atoms with van der Waals surface area (Å²) in [5.41, 5.74) is -1.13. The topological polar surface area (TPSA) is 125 Å². The van der Waals surface area contributed by atoms with Crippen molar-refractivity contribution in [1.29, 1.82) is 5.26 Å². The maximum absolute atomic E-state index is 12.6. The van der Waals surface area contributed by atoms with Crippen LogP contribution in [0.1, 0.15) is 41.5 Å². The molecule has 0 aliphatic heterocycles. The number of rotatable bonds is 9. The van der Waals surface area contributed by atoms with E-state index < -0.39 is 45.5 Å². The van der Waals surface area contributed by atoms with E-state index in [-0.39, 0.29) is 10.8 Å². The van der Waals surface area contributed by atoms with Gasteiger partial charge in [0.15, 0.2) is 6.10 Å². The number of amides is 1. The fraction of sp³-hybridized carbons (Fsp3) is 0.550. The van der Waals surface area contributed by atoms with Gasteiger partial charge >= 0.3 is 5.97 Å². The van der Waals surface area contributed by atoms with Gasteiger partial charge in [0, 0.05) is 5.02 Å². The maximum atomic E-state index is 12.6. The fourth-order valence-electron chi connectivity index (χ4n) is 2.27. The van der Waals surface area contributed by atoms with Crippen molar-refractivity contribution < 1.29 is 22.7 Å². The lowest BCUT2D eigenvalue weighted by Crippen LogP contribution is -2.53. The predicted octanol–water partition coefficient (Wildman–Crippen LogP) is 2.63. The van der Waals surface area contributed by atoms with Crippen LogP contribution in [0, 0.1) is 23.2 Å². The number of hydrogen-bond acceptors (Lipinski definition) is 6. The van der Waals surface area contributed by atoms with Gasteiger partial charge in [0.2, 0.25) is 10.0 Å². The quantitative estimate of drug-likeness (QED) is 0.549. The standard InChI is InChI=1S/C20H28ClN3O5S/c1-12(2)17(24-30(27,28)16-9-7-15(21)8-10-16)19(26)29-14(5)18(25)23-20(6,11-22)13(3)4/h7-10,12-14,17,24H,1-6H3,(H,23,25). The number of nitriles is 1. The Balaban J connectivity index is 2.93. The van der Waals surface area contributed by atoms with E-state index in [1.54, 1.807) is 34.6 Å². The van der Waals surface area contributed by atoms with E-state index in [9.17, 15) is 23.3 Å². The molecule has 0 saturated heterocycles. The molecule has 0 aliphatic rings. The second kappa shape index (κ2) is 10.2. The monoisotopic (exact) mass is 457 g/mol. The first-order chi connectivity index (χ1) is 13.7. The van der Waals surface area contributed by atoms with Crippen molar-refractivity contribution in [2.75, 3.05) is 0 Å². The molecule has 1 amide bonds. The Morgan fingerprint density at radius 2 is 1.67 bits per heavy atom. The number of halogens is 1. The van der Waals surface area contributed by atoms with Gasteiger partial charge in [-0.15, -0.1) is 0 Å². The lowest BCUT2D eigenvalue weighted by Gasteiger charge is -2.29. The van der Waals surface area contributed by atoms with Crippen LogP contribution in [0.15, 0.2) is 29.2 Å². The van der Waals surface area contributed by atoms with Crippen molar-refractivity contribution in [2.24, 2.45) is 11.8 Å². The van der Waals surface area contributed by atoms with Crippen LogP contribution < -0.4 is 10.0 Å². The molecule has 2 N–H and O–H groups in total. The highest BCUT2D eigenvalue weighted by molar-refractivity contribution is 7.89. The van der Waals surface area contributed by atoms with Crippen molar-refractivity contribution >= 4 is 33.5 Å². The van der Waals surface area contributed by atoms with Crippen molar-refractivity contribution in [1.82, 2.24) is 10.0 Å². The summed E-state index contributed by atoms with van der Waals surface area (Å²) < 4.78 is 32.7. The number of nitrogens with one attached hydrogen (secondary N) is 2. The molecule has 10 heteroatoms. The zero-order valence-electron chi connectivity index (χ0n) is 17.9. The molecule has 0 fully saturated rings. The van der Waals surface area contributed by atoms with E-state index in [1.807, 2.05) is 6.07 Å². The third-order valence-corrected chi connectivity index (χ3v) is 6.47. The summed E-state index contributed by atoms with van der Waals surface area (Å²) in [5, 5.41) is 12.3. The van der Waals surface area contributed by atoms with Crippen molar-refractivity contribution in [3.05, 3.63) is 29.3 Å². The lowest BCUT2D eigenvalue weighted by atomic mass is 9.90. The number of nitrogens with zero attached hydrogens (tertiary/aromatic N) is 1. The first-order valence-corrected chi connectivity index (χ1v) is 11.3. The molecule has 1 aromatic carbocycles. The summed E-state index contributed by atoms with van der Waals surface area (Å²) >= 11 is 5.78. The minimum absolute atomic E-state index is 0.0575. The fourth-order valence-corrected chi connectivity index (χ4v) is 3.72. The van der Waals surface area contributed by atoms with Crippen molar-refractivity contribution in [3.8, 4) is 6.07 Å². The summed E-state index contributed by atoms with van der Waals surface area (Å²) in [5.74, 6) is -2.17. The molecule has 0 aromatic heterocycles. The maximum Gasteiger partial charge on any atom is 0.325 e. The van der Waals surface area contributed by atoms with E-state index in [1.165, 1.54) is 31.2 Å². The molecule has 0 heterocycles. The van der Waals surface area contributed by atoms with Crippen molar-refractivity contribution in [3.63, 3.8) is 0 Å². The SMILES string of the molecule is CC(OC(=O)C(NS(=O)(=O)c1ccc(Cl)cc1)C(C)C)C(=O)NC(C)(C#N)C(C)C. The van der Waals surface area contributed by atoms with Crippen LogP contribution in [-0.2, 0) is 24.3 Å². The minimum atomic E-state index is -4.02. The first-order valence-electron chi connectivity index (χ1n) is 9.45. The number of hydrogen-bond donors (Lipinski definition) is 2. The zero-order chi connectivity index (χ0) is 23.3. The Labute approximate surface area is 183 Å². The Morgan fingerprint density at radius 1 is 1.13 bits per heavy atom. The average Bonchev–Trinajstić information content (AvgIpc) is 2.65. The van der Waals surface area contributed by atoms with Crippen LogP contribution >= 0.6 is 11.6 Å². The lowest BCUT2D eigenvalue weighted by molar-refractivity contribution is -0.157. The molecule has 0 saturated carbocycles. The number of carbonyl (C=O) groups is 2. The van der Waals surface area contributed by atoms with Crippen LogP contribution in [-0.4, -0.2) is 38.0 Å². The third-order valence-electron chi connectivity index (χ3n) is 4.76. The molecule has 3 unspecified atom stereocenters. The van der Waals surface area contributed by atoms with Gasteiger partial charge in [-0.05, 0) is 49.9 Å². The molecule has 0 spiro atoms. The second-order valence-corrected chi connectivity index (χ2v) is 9.98. The number of benzene rings is 1. The summed E-state index contributed by atoms with van der Waals surface area (Å²) in [6.07, 6.45) is -1.22. The van der Waals surface area contributed by atoms with E-state index in [4.69, 9.17) is 16.3 Å². The summed E-state index contributed by atoms with van der Waals surface area (Å²) in [7, 11) is -4.02. The predicted molar refractivity (Wildman–Crippen MR) is 113 cm³/mol. The molecular formula is C20H28ClN3O5S. The van der Waals surface area contributed by atoms with Gasteiger partial charge in [0.1, 0.15) is 11.6 Å². The highest BCUT2D eigenvalue weighted by atomic mass is 35.5. The number of sulfonamides is 1. The van der Waals surface area contributed by atoms with Crippen LogP contribution in [0.5, 0.6) is 0 Å². The molecule has 1 aromatic rings. The number of carbonyl (C=O) groups excluding carboxylic acids is 2. The Kier molecular flexibility index (Phi) is 8.84. The Bertz CT molecular complexity index is 909. The van der Waals surface area contributed by atoms with Gasteiger partial charge < -0.3 is 10.1 Å². The van der Waals surface area contributed by atoms with Crippen LogP contribution in [0.4, 0.5) is 0 Å². The molecular weight excluding hydrogens is 430 g/mol. The minimum Gasteiger partial charge on any atom is -0.451 e. The molecule has 0 bridgehead atoms. The molecule has 8 nitrogen and oxygen atoms in total. The summed E-state index contributed by atoms with van der Waals surface area (Å²) in [6.45, 7) is 9.78. The van der Waals surface area contributed by atoms with Gasteiger partial charge in [-0.3, -0.25) is 9.59 Å². The van der Waals surface area contributed by atoms with Crippen LogP contribution in [0.25, 0.3) is 0 Å². The first kappa shape index (κ1) is 25.9. The third kappa shape index (κ3) is 6.69. The van der Waals surface area contributed by atoms with E-state index in [2.05, 4.69) is 10.0 Å². The highest BCUT2D eigenvalue weighted by Crippen LogP contribution is 2.18. The number of esters is 1. The normalized spacial score (nSPS) is 15.7. The second-order valence-electron chi connectivity index (χ2n) is 7.83. The largest absolute Gasteiger partial charge is 0.451 e. The molecule has 0 radical (unpaired) electrons. The molecule has 3 atom stereocenters. The Morgan fingerprint density at radius 3 is 2.10 bits per heavy atom. The van der Waals surface area contributed by atoms with E-state index >= 15 is 0 Å². The van der Waals surface area contributed by atoms with Gasteiger partial charge in [0.05, 0.1) is 11.0 Å². The summed E-state index contributed by atoms with van der Waals surface area (Å²) in [6, 6.07) is 6.30. The van der Waals surface area contributed by atoms with Crippen molar-refractivity contribution in [2.45, 2.75) is 64.1 Å². The number of ether oxygens (including phenoxy) is 1. The zero-order valence-corrected chi connectivity index (χ0v) is 19.5. The molecule has 1 rings (SSSR count). The average molecular weight is 458 g/mol. The van der Waals surface area contributed by atoms with E-state index in [0.717, 1.165) is 0 Å². The molecule has 166 valence electrons. The molecule has 0 aliphatic carbocycles. The van der Waals surface area contributed by atoms with Gasteiger partial charge in [-0.2, -0.15) is 9.98 Å². The van der Waals surface area contributed by atoms with Crippen LogP contribution in [0.3, 0.4) is 0 Å². The molecule has 30 heavy (non-hydrogen) atoms. The van der Waals surface area contributed by atoms with Gasteiger partial charge in [-0.25, -0.2) is 8.42 Å². The smallest absolute Gasteiger partial charge is 0.325 e. The van der Waals surface area contributed by atoms with E-state index in [0.29, 0.717) is 5.02 Å². The van der Waals surface area contributed by atoms with Gasteiger partial charge in [-0.1, -0.05) is 39.3 Å².